The van der Waals surface area contributed by atoms with E-state index in [2.05, 4.69) is 12.1 Å². The second-order valence-corrected chi connectivity index (χ2v) is 5.80. The molecule has 0 aliphatic carbocycles. The van der Waals surface area contributed by atoms with Gasteiger partial charge < -0.3 is 4.74 Å². The van der Waals surface area contributed by atoms with E-state index in [1.807, 2.05) is 18.2 Å². The molecule has 1 heterocycles. The molecule has 0 fully saturated rings. The quantitative estimate of drug-likeness (QED) is 0.762. The summed E-state index contributed by atoms with van der Waals surface area (Å²) in [6.07, 6.45) is 1.14. The van der Waals surface area contributed by atoms with Crippen molar-refractivity contribution in [1.29, 1.82) is 0 Å². The monoisotopic (exact) mass is 266 g/mol. The van der Waals surface area contributed by atoms with Crippen molar-refractivity contribution >= 4 is 34.4 Å². The topological polar surface area (TPSA) is 26.3 Å². The minimum atomic E-state index is -0.247. The first kappa shape index (κ1) is 12.6. The van der Waals surface area contributed by atoms with Crippen LogP contribution in [0.2, 0.25) is 0 Å². The van der Waals surface area contributed by atoms with Gasteiger partial charge in [-0.05, 0) is 17.7 Å². The highest BCUT2D eigenvalue weighted by molar-refractivity contribution is 8.11. The number of carbonyl (C=O) groups excluding carboxylic acids is 1. The fourth-order valence-corrected chi connectivity index (χ4v) is 3.91. The fourth-order valence-electron chi connectivity index (χ4n) is 1.52. The van der Waals surface area contributed by atoms with Crippen molar-refractivity contribution < 1.29 is 9.53 Å². The van der Waals surface area contributed by atoms with Crippen molar-refractivity contribution in [3.63, 3.8) is 0 Å². The summed E-state index contributed by atoms with van der Waals surface area (Å²) < 4.78 is 5.32. The Bertz CT molecular complexity index is 426. The van der Waals surface area contributed by atoms with E-state index in [1.54, 1.807) is 23.5 Å². The van der Waals surface area contributed by atoms with Gasteiger partial charge in [-0.2, -0.15) is 0 Å². The Balaban J connectivity index is 2.34. The van der Waals surface area contributed by atoms with Crippen molar-refractivity contribution in [2.24, 2.45) is 0 Å². The van der Waals surface area contributed by atoms with Crippen molar-refractivity contribution in [2.75, 3.05) is 11.5 Å². The van der Waals surface area contributed by atoms with Gasteiger partial charge in [-0.3, -0.25) is 4.79 Å². The molecule has 0 bridgehead atoms. The van der Waals surface area contributed by atoms with Gasteiger partial charge in [-0.1, -0.05) is 42.1 Å². The fraction of sp³-hybridized carbons (Fsp3) is 0.308. The molecule has 0 unspecified atom stereocenters. The second kappa shape index (κ2) is 6.17. The van der Waals surface area contributed by atoms with Crippen LogP contribution in [0.1, 0.15) is 18.9 Å². The predicted molar refractivity (Wildman–Crippen MR) is 74.7 cm³/mol. The molecule has 0 spiro atoms. The molecule has 1 aliphatic heterocycles. The zero-order valence-corrected chi connectivity index (χ0v) is 11.3. The Morgan fingerprint density at radius 3 is 2.59 bits per heavy atom. The van der Waals surface area contributed by atoms with Crippen LogP contribution in [-0.2, 0) is 9.53 Å². The molecule has 0 N–H and O–H groups in total. The maximum absolute atomic E-state index is 11.1. The molecule has 17 heavy (non-hydrogen) atoms. The highest BCUT2D eigenvalue weighted by atomic mass is 32.2. The number of benzene rings is 1. The highest BCUT2D eigenvalue weighted by Crippen LogP contribution is 2.39. The lowest BCUT2D eigenvalue weighted by atomic mass is 10.2. The lowest BCUT2D eigenvalue weighted by molar-refractivity contribution is -0.135. The lowest BCUT2D eigenvalue weighted by Gasteiger charge is -2.10. The maximum Gasteiger partial charge on any atom is 0.308 e. The Morgan fingerprint density at radius 2 is 1.88 bits per heavy atom. The van der Waals surface area contributed by atoms with Gasteiger partial charge in [0, 0.05) is 12.7 Å². The van der Waals surface area contributed by atoms with Gasteiger partial charge in [-0.15, -0.1) is 11.8 Å². The van der Waals surface area contributed by atoms with E-state index in [0.29, 0.717) is 0 Å². The van der Waals surface area contributed by atoms with Crippen molar-refractivity contribution in [3.8, 4) is 0 Å². The molecule has 2 rings (SSSR count). The van der Waals surface area contributed by atoms with Gasteiger partial charge in [0.25, 0.3) is 0 Å². The molecular weight excluding hydrogens is 252 g/mol. The Labute approximate surface area is 110 Å². The van der Waals surface area contributed by atoms with Crippen LogP contribution < -0.4 is 0 Å². The first-order valence-corrected chi connectivity index (χ1v) is 7.48. The average Bonchev–Trinajstić information content (AvgIpc) is 2.55. The van der Waals surface area contributed by atoms with Gasteiger partial charge in [-0.25, -0.2) is 0 Å². The molecule has 2 nitrogen and oxygen atoms in total. The zero-order chi connectivity index (χ0) is 12.1. The Kier molecular flexibility index (Phi) is 4.57. The molecule has 0 saturated heterocycles. The molecule has 1 aromatic carbocycles. The average molecular weight is 266 g/mol. The van der Waals surface area contributed by atoms with Crippen molar-refractivity contribution in [1.82, 2.24) is 0 Å². The second-order valence-electron chi connectivity index (χ2n) is 3.63. The van der Waals surface area contributed by atoms with E-state index in [-0.39, 0.29) is 5.97 Å². The van der Waals surface area contributed by atoms with Crippen LogP contribution in [0.15, 0.2) is 35.4 Å². The third kappa shape index (κ3) is 3.54. The Morgan fingerprint density at radius 1 is 1.18 bits per heavy atom. The number of carbonyl (C=O) groups is 1. The summed E-state index contributed by atoms with van der Waals surface area (Å²) in [5.74, 6) is 1.83. The van der Waals surface area contributed by atoms with E-state index in [1.165, 1.54) is 6.92 Å². The highest BCUT2D eigenvalue weighted by Gasteiger charge is 2.17. The first-order valence-electron chi connectivity index (χ1n) is 5.51. The SMILES string of the molecule is CC(=O)OC1=C(c2ccccc2)SCCCS1. The molecule has 0 aromatic heterocycles. The van der Waals surface area contributed by atoms with Gasteiger partial charge in [0.2, 0.25) is 0 Å². The largest absolute Gasteiger partial charge is 0.418 e. The third-order valence-corrected chi connectivity index (χ3v) is 4.60. The standard InChI is InChI=1S/C13H14O2S2/c1-10(14)15-13-12(16-8-5-9-17-13)11-6-3-2-4-7-11/h2-4,6-7H,5,8-9H2,1H3. The van der Waals surface area contributed by atoms with E-state index in [0.717, 1.165) is 33.5 Å². The smallest absolute Gasteiger partial charge is 0.308 e. The summed E-state index contributed by atoms with van der Waals surface area (Å²) in [6.45, 7) is 1.45. The molecule has 1 aliphatic rings. The normalized spacial score (nSPS) is 16.5. The minimum absolute atomic E-state index is 0.247. The lowest BCUT2D eigenvalue weighted by Crippen LogP contribution is -1.98. The molecule has 0 saturated carbocycles. The zero-order valence-electron chi connectivity index (χ0n) is 9.64. The number of hydrogen-bond acceptors (Lipinski definition) is 4. The van der Waals surface area contributed by atoms with Crippen LogP contribution in [0, 0.1) is 0 Å². The number of rotatable bonds is 2. The molecule has 90 valence electrons. The number of esters is 1. The van der Waals surface area contributed by atoms with Crippen LogP contribution in [0.4, 0.5) is 0 Å². The minimum Gasteiger partial charge on any atom is -0.418 e. The number of thioether (sulfide) groups is 2. The van der Waals surface area contributed by atoms with Crippen molar-refractivity contribution in [3.05, 3.63) is 41.0 Å². The number of hydrogen-bond donors (Lipinski definition) is 0. The summed E-state index contributed by atoms with van der Waals surface area (Å²) in [7, 11) is 0. The van der Waals surface area contributed by atoms with Gasteiger partial charge in [0.1, 0.15) is 0 Å². The van der Waals surface area contributed by atoms with E-state index < -0.39 is 0 Å². The van der Waals surface area contributed by atoms with Crippen LogP contribution in [0.5, 0.6) is 0 Å². The summed E-state index contributed by atoms with van der Waals surface area (Å²) in [6, 6.07) is 10.1. The summed E-state index contributed by atoms with van der Waals surface area (Å²) >= 11 is 3.40. The van der Waals surface area contributed by atoms with Crippen LogP contribution in [0.25, 0.3) is 4.91 Å². The van der Waals surface area contributed by atoms with Gasteiger partial charge in [0.05, 0.1) is 4.91 Å². The van der Waals surface area contributed by atoms with Crippen LogP contribution in [0.3, 0.4) is 0 Å². The third-order valence-electron chi connectivity index (χ3n) is 2.23. The summed E-state index contributed by atoms with van der Waals surface area (Å²) in [4.78, 5) is 12.2. The van der Waals surface area contributed by atoms with Gasteiger partial charge >= 0.3 is 5.97 Å². The molecule has 0 atom stereocenters. The van der Waals surface area contributed by atoms with E-state index in [4.69, 9.17) is 4.74 Å². The first-order chi connectivity index (χ1) is 8.27. The molecule has 0 amide bonds. The summed E-state index contributed by atoms with van der Waals surface area (Å²) in [5.41, 5.74) is 1.13. The number of ether oxygens (including phenoxy) is 1. The van der Waals surface area contributed by atoms with Crippen LogP contribution >= 0.6 is 23.5 Å². The molecule has 1 aromatic rings. The predicted octanol–water partition coefficient (Wildman–Crippen LogP) is 3.75. The van der Waals surface area contributed by atoms with Gasteiger partial charge in [0.15, 0.2) is 5.09 Å². The summed E-state index contributed by atoms with van der Waals surface area (Å²) in [5, 5.41) is 0.756. The van der Waals surface area contributed by atoms with Crippen molar-refractivity contribution in [2.45, 2.75) is 13.3 Å². The molecule has 4 heteroatoms. The molecular formula is C13H14O2S2. The molecule has 0 radical (unpaired) electrons. The van der Waals surface area contributed by atoms with E-state index >= 15 is 0 Å². The van der Waals surface area contributed by atoms with Crippen LogP contribution in [-0.4, -0.2) is 17.5 Å². The maximum atomic E-state index is 11.1. The Hall–Kier alpha value is -0.870. The van der Waals surface area contributed by atoms with E-state index in [9.17, 15) is 4.79 Å².